The summed E-state index contributed by atoms with van der Waals surface area (Å²) < 4.78 is 0. The van der Waals surface area contributed by atoms with Crippen molar-refractivity contribution < 1.29 is 4.79 Å². The quantitative estimate of drug-likeness (QED) is 0.504. The van der Waals surface area contributed by atoms with Gasteiger partial charge < -0.3 is 0 Å². The van der Waals surface area contributed by atoms with Gasteiger partial charge in [0, 0.05) is 17.6 Å². The van der Waals surface area contributed by atoms with Crippen LogP contribution in [0.25, 0.3) is 0 Å². The first-order valence-corrected chi connectivity index (χ1v) is 7.82. The van der Waals surface area contributed by atoms with E-state index in [1.165, 1.54) is 11.3 Å². The van der Waals surface area contributed by atoms with Crippen molar-refractivity contribution in [1.82, 2.24) is 10.3 Å². The highest BCUT2D eigenvalue weighted by Crippen LogP contribution is 2.28. The van der Waals surface area contributed by atoms with E-state index in [1.807, 2.05) is 42.8 Å². The lowest BCUT2D eigenvalue weighted by Gasteiger charge is -2.25. The average molecular weight is 324 g/mol. The maximum absolute atomic E-state index is 11.7. The van der Waals surface area contributed by atoms with Crippen LogP contribution < -0.4 is 11.3 Å². The number of nitrogens with zero attached hydrogens (tertiary/aromatic N) is 1. The number of hydrogen-bond donors (Lipinski definition) is 2. The van der Waals surface area contributed by atoms with Crippen LogP contribution in [0.3, 0.4) is 0 Å². The number of carbonyl (C=O) groups is 1. The summed E-state index contributed by atoms with van der Waals surface area (Å²) in [5, 5.41) is 2.65. The highest BCUT2D eigenvalue weighted by molar-refractivity contribution is 7.12. The summed E-state index contributed by atoms with van der Waals surface area (Å²) in [5.74, 6) is 4.96. The lowest BCUT2D eigenvalue weighted by atomic mass is 10.1. The van der Waals surface area contributed by atoms with Crippen LogP contribution in [-0.2, 0) is 6.54 Å². The minimum absolute atomic E-state index is 0.146. The Morgan fingerprint density at radius 2 is 2.14 bits per heavy atom. The number of halogens is 1. The van der Waals surface area contributed by atoms with E-state index >= 15 is 0 Å². The molecule has 1 atom stereocenters. The molecule has 1 amide bonds. The molecule has 0 saturated carbocycles. The van der Waals surface area contributed by atoms with Gasteiger partial charge in [-0.05, 0) is 42.6 Å². The van der Waals surface area contributed by atoms with Gasteiger partial charge in [0.25, 0.3) is 5.91 Å². The van der Waals surface area contributed by atoms with E-state index in [2.05, 4.69) is 17.2 Å². The Labute approximate surface area is 133 Å². The summed E-state index contributed by atoms with van der Waals surface area (Å²) in [6, 6.07) is 9.90. The zero-order valence-corrected chi connectivity index (χ0v) is 13.5. The first-order valence-electron chi connectivity index (χ1n) is 6.56. The van der Waals surface area contributed by atoms with Crippen molar-refractivity contribution in [2.24, 2.45) is 5.84 Å². The Bertz CT molecular complexity index is 629. The molecule has 1 aromatic carbocycles. The van der Waals surface area contributed by atoms with Gasteiger partial charge in [-0.15, -0.1) is 11.3 Å². The van der Waals surface area contributed by atoms with E-state index in [1.54, 1.807) is 0 Å². The molecule has 1 aromatic heterocycles. The van der Waals surface area contributed by atoms with E-state index in [0.29, 0.717) is 11.4 Å². The summed E-state index contributed by atoms with van der Waals surface area (Å²) in [4.78, 5) is 14.5. The number of nitrogens with two attached hydrogens (primary N) is 1. The van der Waals surface area contributed by atoms with Crippen molar-refractivity contribution in [1.29, 1.82) is 0 Å². The zero-order valence-electron chi connectivity index (χ0n) is 12.0. The van der Waals surface area contributed by atoms with E-state index in [-0.39, 0.29) is 11.9 Å². The molecule has 6 heteroatoms. The molecule has 0 aliphatic heterocycles. The molecular weight excluding hydrogens is 306 g/mol. The summed E-state index contributed by atoms with van der Waals surface area (Å²) >= 11 is 7.63. The Hall–Kier alpha value is -1.40. The zero-order chi connectivity index (χ0) is 15.4. The van der Waals surface area contributed by atoms with E-state index < -0.39 is 0 Å². The van der Waals surface area contributed by atoms with Crippen LogP contribution in [0.1, 0.15) is 33.8 Å². The maximum Gasteiger partial charge on any atom is 0.275 e. The van der Waals surface area contributed by atoms with Crippen LogP contribution in [-0.4, -0.2) is 17.9 Å². The predicted octanol–water partition coefficient (Wildman–Crippen LogP) is 3.20. The molecule has 0 aliphatic rings. The third-order valence-electron chi connectivity index (χ3n) is 3.52. The van der Waals surface area contributed by atoms with Crippen LogP contribution in [0.2, 0.25) is 5.02 Å². The number of nitrogens with one attached hydrogen (secondary N) is 1. The van der Waals surface area contributed by atoms with Crippen LogP contribution >= 0.6 is 22.9 Å². The highest BCUT2D eigenvalue weighted by Gasteiger charge is 2.18. The number of benzene rings is 1. The molecule has 3 N–H and O–H groups in total. The van der Waals surface area contributed by atoms with E-state index in [4.69, 9.17) is 17.4 Å². The van der Waals surface area contributed by atoms with Crippen molar-refractivity contribution in [2.45, 2.75) is 19.5 Å². The molecule has 1 heterocycles. The molecule has 0 fully saturated rings. The molecule has 1 unspecified atom stereocenters. The Balaban J connectivity index is 2.15. The largest absolute Gasteiger partial charge is 0.295 e. The topological polar surface area (TPSA) is 58.4 Å². The fourth-order valence-electron chi connectivity index (χ4n) is 2.18. The maximum atomic E-state index is 11.7. The van der Waals surface area contributed by atoms with Crippen molar-refractivity contribution in [2.75, 3.05) is 7.05 Å². The minimum atomic E-state index is -0.251. The second-order valence-electron chi connectivity index (χ2n) is 4.86. The molecular formula is C15H18ClN3OS. The van der Waals surface area contributed by atoms with Gasteiger partial charge in [0.2, 0.25) is 0 Å². The normalized spacial score (nSPS) is 12.4. The number of nitrogen functional groups attached to an aromatic ring is 1. The third kappa shape index (κ3) is 3.63. The lowest BCUT2D eigenvalue weighted by Crippen LogP contribution is -2.31. The van der Waals surface area contributed by atoms with Gasteiger partial charge in [-0.2, -0.15) is 0 Å². The molecule has 21 heavy (non-hydrogen) atoms. The van der Waals surface area contributed by atoms with Gasteiger partial charge in [0.1, 0.15) is 0 Å². The smallest absolute Gasteiger partial charge is 0.275 e. The number of hydrogen-bond acceptors (Lipinski definition) is 4. The molecule has 2 aromatic rings. The SMILES string of the molecule is CC(c1ccccc1Cl)N(C)Cc1ccsc1C(=O)NN. The minimum Gasteiger partial charge on any atom is -0.295 e. The summed E-state index contributed by atoms with van der Waals surface area (Å²) in [6.45, 7) is 2.74. The fraction of sp³-hybridized carbons (Fsp3) is 0.267. The lowest BCUT2D eigenvalue weighted by molar-refractivity contribution is 0.0955. The third-order valence-corrected chi connectivity index (χ3v) is 4.82. The first kappa shape index (κ1) is 16.0. The Morgan fingerprint density at radius 3 is 2.81 bits per heavy atom. The van der Waals surface area contributed by atoms with Crippen molar-refractivity contribution in [3.8, 4) is 0 Å². The van der Waals surface area contributed by atoms with Crippen molar-refractivity contribution in [3.05, 3.63) is 56.7 Å². The molecule has 112 valence electrons. The van der Waals surface area contributed by atoms with E-state index in [0.717, 1.165) is 16.1 Å². The fourth-order valence-corrected chi connectivity index (χ4v) is 3.29. The Morgan fingerprint density at radius 1 is 1.43 bits per heavy atom. The highest BCUT2D eigenvalue weighted by atomic mass is 35.5. The van der Waals surface area contributed by atoms with Gasteiger partial charge in [-0.3, -0.25) is 15.1 Å². The average Bonchev–Trinajstić information content (AvgIpc) is 2.94. The standard InChI is InChI=1S/C15H18ClN3OS/c1-10(12-5-3-4-6-13(12)16)19(2)9-11-7-8-21-14(11)15(20)18-17/h3-8,10H,9,17H2,1-2H3,(H,18,20). The molecule has 0 spiro atoms. The number of hydrazine groups is 1. The van der Waals surface area contributed by atoms with Crippen molar-refractivity contribution in [3.63, 3.8) is 0 Å². The van der Waals surface area contributed by atoms with Crippen LogP contribution in [0.4, 0.5) is 0 Å². The molecule has 0 saturated heterocycles. The number of carbonyl (C=O) groups excluding carboxylic acids is 1. The van der Waals surface area contributed by atoms with Crippen LogP contribution in [0, 0.1) is 0 Å². The van der Waals surface area contributed by atoms with Crippen LogP contribution in [0.5, 0.6) is 0 Å². The first-order chi connectivity index (χ1) is 10.0. The number of rotatable bonds is 5. The molecule has 0 bridgehead atoms. The van der Waals surface area contributed by atoms with Gasteiger partial charge in [-0.1, -0.05) is 29.8 Å². The Kier molecular flexibility index (Phi) is 5.36. The molecule has 2 rings (SSSR count). The second kappa shape index (κ2) is 7.04. The van der Waals surface area contributed by atoms with Gasteiger partial charge >= 0.3 is 0 Å². The number of thiophene rings is 1. The number of amides is 1. The second-order valence-corrected chi connectivity index (χ2v) is 6.18. The van der Waals surface area contributed by atoms with Gasteiger partial charge in [0.15, 0.2) is 0 Å². The van der Waals surface area contributed by atoms with Crippen LogP contribution in [0.15, 0.2) is 35.7 Å². The summed E-state index contributed by atoms with van der Waals surface area (Å²) in [6.07, 6.45) is 0. The summed E-state index contributed by atoms with van der Waals surface area (Å²) in [7, 11) is 2.01. The van der Waals surface area contributed by atoms with E-state index in [9.17, 15) is 4.79 Å². The monoisotopic (exact) mass is 323 g/mol. The van der Waals surface area contributed by atoms with Gasteiger partial charge in [0.05, 0.1) is 4.88 Å². The van der Waals surface area contributed by atoms with Gasteiger partial charge in [-0.25, -0.2) is 5.84 Å². The molecule has 0 radical (unpaired) electrons. The summed E-state index contributed by atoms with van der Waals surface area (Å²) in [5.41, 5.74) is 4.22. The molecule has 0 aliphatic carbocycles. The predicted molar refractivity (Wildman–Crippen MR) is 87.3 cm³/mol. The van der Waals surface area contributed by atoms with Crippen molar-refractivity contribution >= 4 is 28.8 Å². The molecule has 4 nitrogen and oxygen atoms in total.